The minimum absolute atomic E-state index is 0.130. The van der Waals surface area contributed by atoms with Gasteiger partial charge in [-0.25, -0.2) is 4.79 Å². The van der Waals surface area contributed by atoms with Gasteiger partial charge in [-0.15, -0.1) is 0 Å². The second-order valence-electron chi connectivity index (χ2n) is 16.8. The third-order valence-corrected chi connectivity index (χ3v) is 14.2. The second-order valence-corrected chi connectivity index (χ2v) is 16.8. The van der Waals surface area contributed by atoms with Gasteiger partial charge < -0.3 is 20.1 Å². The zero-order chi connectivity index (χ0) is 33.0. The maximum Gasteiger partial charge on any atom is 0.339 e. The summed E-state index contributed by atoms with van der Waals surface area (Å²) >= 11 is 0. The molecule has 48 heavy (non-hydrogen) atoms. The summed E-state index contributed by atoms with van der Waals surface area (Å²) in [5.41, 5.74) is 9.04. The van der Waals surface area contributed by atoms with E-state index in [1.165, 1.54) is 17.7 Å². The van der Waals surface area contributed by atoms with E-state index in [2.05, 4.69) is 67.0 Å². The van der Waals surface area contributed by atoms with Crippen molar-refractivity contribution in [2.45, 2.75) is 96.6 Å². The van der Waals surface area contributed by atoms with Gasteiger partial charge in [0.2, 0.25) is 0 Å². The number of hydrogen-bond acceptors (Lipinski definition) is 7. The fraction of sp³-hybridized carbons (Fsp3) is 0.659. The van der Waals surface area contributed by atoms with Gasteiger partial charge in [-0.05, 0) is 101 Å². The van der Waals surface area contributed by atoms with E-state index in [0.717, 1.165) is 101 Å². The number of carbonyl (C=O) groups excluding carboxylic acids is 2. The molecule has 3 aliphatic carbocycles. The number of rotatable bonds is 5. The van der Waals surface area contributed by atoms with E-state index in [1.54, 1.807) is 0 Å². The van der Waals surface area contributed by atoms with Gasteiger partial charge in [0.25, 0.3) is 0 Å². The summed E-state index contributed by atoms with van der Waals surface area (Å²) < 4.78 is 13.5. The van der Waals surface area contributed by atoms with Crippen LogP contribution in [0.1, 0.15) is 100 Å². The first-order chi connectivity index (χ1) is 23.3. The summed E-state index contributed by atoms with van der Waals surface area (Å²) in [7, 11) is 0. The second kappa shape index (κ2) is 11.1. The molecule has 7 nitrogen and oxygen atoms in total. The monoisotopic (exact) mass is 651 g/mol. The van der Waals surface area contributed by atoms with Crippen LogP contribution in [0.15, 0.2) is 53.5 Å². The van der Waals surface area contributed by atoms with E-state index in [4.69, 9.17) is 15.2 Å². The first kappa shape index (κ1) is 31.1. The van der Waals surface area contributed by atoms with Gasteiger partial charge in [-0.1, -0.05) is 56.2 Å². The van der Waals surface area contributed by atoms with E-state index in [9.17, 15) is 9.59 Å². The fourth-order valence-electron chi connectivity index (χ4n) is 12.4. The van der Waals surface area contributed by atoms with Gasteiger partial charge in [0.05, 0.1) is 11.0 Å². The minimum atomic E-state index is -0.925. The Hall–Kier alpha value is -2.90. The Kier molecular flexibility index (Phi) is 7.16. The van der Waals surface area contributed by atoms with Crippen molar-refractivity contribution in [1.82, 2.24) is 9.80 Å². The maximum atomic E-state index is 14.8. The molecule has 11 aliphatic rings. The van der Waals surface area contributed by atoms with Gasteiger partial charge in [-0.2, -0.15) is 0 Å². The molecule has 0 amide bonds. The highest BCUT2D eigenvalue weighted by Crippen LogP contribution is 2.84. The van der Waals surface area contributed by atoms with Gasteiger partial charge in [0.15, 0.2) is 5.60 Å². The summed E-state index contributed by atoms with van der Waals surface area (Å²) in [5, 5.41) is 0. The minimum Gasteiger partial charge on any atom is -0.449 e. The number of nitrogens with zero attached hydrogens (tertiary/aromatic N) is 2. The molecule has 12 rings (SSSR count). The van der Waals surface area contributed by atoms with Gasteiger partial charge in [0, 0.05) is 55.3 Å². The molecule has 8 heterocycles. The molecule has 8 aliphatic heterocycles. The number of fused-ring (bicyclic) bond motifs is 2. The van der Waals surface area contributed by atoms with Crippen LogP contribution in [-0.2, 0) is 26.3 Å². The van der Waals surface area contributed by atoms with Gasteiger partial charge in [0.1, 0.15) is 11.2 Å². The molecule has 3 saturated heterocycles. The van der Waals surface area contributed by atoms with Crippen molar-refractivity contribution in [3.63, 3.8) is 0 Å². The number of esters is 2. The number of carbonyl (C=O) groups is 2. The zero-order valence-electron chi connectivity index (χ0n) is 29.1. The number of allylic oxidation sites excluding steroid dienone is 2. The smallest absolute Gasteiger partial charge is 0.339 e. The molecule has 8 bridgehead atoms. The largest absolute Gasteiger partial charge is 0.449 e. The first-order valence-corrected chi connectivity index (χ1v) is 19.2. The number of benzene rings is 1. The van der Waals surface area contributed by atoms with Crippen LogP contribution in [0.3, 0.4) is 0 Å². The Morgan fingerprint density at radius 3 is 2.60 bits per heavy atom. The average molecular weight is 652 g/mol. The van der Waals surface area contributed by atoms with Crippen LogP contribution in [0.25, 0.3) is 0 Å². The number of piperidine rings is 2. The lowest BCUT2D eigenvalue weighted by atomic mass is 9.31. The van der Waals surface area contributed by atoms with E-state index in [-0.39, 0.29) is 17.9 Å². The van der Waals surface area contributed by atoms with Crippen LogP contribution in [0.4, 0.5) is 0 Å². The van der Waals surface area contributed by atoms with Gasteiger partial charge in [-0.3, -0.25) is 9.69 Å². The topological polar surface area (TPSA) is 85.1 Å². The molecular weight excluding hydrogens is 598 g/mol. The van der Waals surface area contributed by atoms with E-state index in [0.29, 0.717) is 41.8 Å². The standard InChI is InChI=1S/C41H53N3O4/c1-4-7-34-39-20-30-15-16-40(39,41(34)32-10-5-8-29(9-6-17-42)36(32)37(45)48-41)35(47-38(39)46)14-12-26(3)43-21-27-19-28(22-43)24-44(23-27)33-13-11-25(2)18-31(30)33/h5,8,10,13-14,20,25-28,31,34H,4,6-7,9,11-12,15-19,21-24,42H2,1-3H3. The summed E-state index contributed by atoms with van der Waals surface area (Å²) in [6.07, 6.45) is 16.5. The normalized spacial score (nSPS) is 42.1. The van der Waals surface area contributed by atoms with Crippen molar-refractivity contribution >= 4 is 11.9 Å². The van der Waals surface area contributed by atoms with Crippen molar-refractivity contribution in [3.05, 3.63) is 70.1 Å². The molecule has 7 heteroatoms. The number of hydrogen-bond donors (Lipinski definition) is 1. The maximum absolute atomic E-state index is 14.8. The highest BCUT2D eigenvalue weighted by atomic mass is 16.6. The van der Waals surface area contributed by atoms with Crippen molar-refractivity contribution in [1.29, 1.82) is 0 Å². The van der Waals surface area contributed by atoms with Crippen molar-refractivity contribution < 1.29 is 19.1 Å². The lowest BCUT2D eigenvalue weighted by molar-refractivity contribution is -0.271. The fourth-order valence-corrected chi connectivity index (χ4v) is 12.4. The van der Waals surface area contributed by atoms with Gasteiger partial charge >= 0.3 is 11.9 Å². The molecule has 1 aromatic carbocycles. The predicted octanol–water partition coefficient (Wildman–Crippen LogP) is 6.48. The molecule has 1 saturated carbocycles. The summed E-state index contributed by atoms with van der Waals surface area (Å²) in [5.74, 6) is 2.50. The lowest BCUT2D eigenvalue weighted by Crippen LogP contribution is -2.75. The average Bonchev–Trinajstić information content (AvgIpc) is 3.52. The van der Waals surface area contributed by atoms with Crippen LogP contribution in [-0.4, -0.2) is 60.5 Å². The molecule has 0 radical (unpaired) electrons. The molecule has 9 atom stereocenters. The Balaban J connectivity index is 1.27. The SMILES string of the molecule is CCCC1C23C=C4CCC2(C(=CCC(C)N2CC5CC(CN(C5)C5=CCC(C)CC45)C2)OC3=O)C12OC(=O)c1c(CCCN)cccc12. The molecule has 4 fully saturated rings. The number of ether oxygens (including phenoxy) is 2. The summed E-state index contributed by atoms with van der Waals surface area (Å²) in [4.78, 5) is 34.4. The van der Waals surface area contributed by atoms with Crippen molar-refractivity contribution in [2.24, 2.45) is 46.2 Å². The molecular formula is C41H53N3O4. The Labute approximate surface area is 285 Å². The summed E-state index contributed by atoms with van der Waals surface area (Å²) in [6.45, 7) is 12.0. The highest BCUT2D eigenvalue weighted by Gasteiger charge is 2.91. The lowest BCUT2D eigenvalue weighted by Gasteiger charge is -2.69. The van der Waals surface area contributed by atoms with Crippen LogP contribution in [0.2, 0.25) is 0 Å². The Morgan fingerprint density at radius 1 is 1.02 bits per heavy atom. The van der Waals surface area contributed by atoms with Crippen LogP contribution in [0, 0.1) is 40.4 Å². The Bertz CT molecular complexity index is 1630. The van der Waals surface area contributed by atoms with Crippen LogP contribution < -0.4 is 5.73 Å². The van der Waals surface area contributed by atoms with Crippen molar-refractivity contribution in [3.8, 4) is 0 Å². The molecule has 9 unspecified atom stereocenters. The number of aryl methyl sites for hydroxylation is 1. The third-order valence-electron chi connectivity index (χ3n) is 14.2. The molecule has 2 spiro atoms. The molecule has 256 valence electrons. The summed E-state index contributed by atoms with van der Waals surface area (Å²) in [6, 6.07) is 6.61. The number of nitrogens with two attached hydrogens (primary N) is 1. The van der Waals surface area contributed by atoms with E-state index >= 15 is 0 Å². The zero-order valence-corrected chi connectivity index (χ0v) is 29.1. The van der Waals surface area contributed by atoms with E-state index in [1.807, 2.05) is 0 Å². The van der Waals surface area contributed by atoms with Crippen LogP contribution >= 0.6 is 0 Å². The van der Waals surface area contributed by atoms with Crippen LogP contribution in [0.5, 0.6) is 0 Å². The quantitative estimate of drug-likeness (QED) is 0.288. The Morgan fingerprint density at radius 2 is 1.83 bits per heavy atom. The third kappa shape index (κ3) is 3.89. The molecule has 2 N–H and O–H groups in total. The predicted molar refractivity (Wildman–Crippen MR) is 184 cm³/mol. The molecule has 0 aromatic heterocycles. The highest BCUT2D eigenvalue weighted by molar-refractivity contribution is 5.99. The first-order valence-electron chi connectivity index (χ1n) is 19.2. The molecule has 1 aromatic rings. The van der Waals surface area contributed by atoms with E-state index < -0.39 is 16.4 Å². The van der Waals surface area contributed by atoms with Crippen molar-refractivity contribution in [2.75, 3.05) is 32.7 Å².